The van der Waals surface area contributed by atoms with Gasteiger partial charge < -0.3 is 15.4 Å². The molecule has 1 aromatic heterocycles. The van der Waals surface area contributed by atoms with Gasteiger partial charge in [-0.15, -0.1) is 0 Å². The molecule has 2 N–H and O–H groups in total. The van der Waals surface area contributed by atoms with Gasteiger partial charge in [0.2, 0.25) is 5.75 Å². The molecule has 0 aromatic carbocycles. The zero-order chi connectivity index (χ0) is 15.1. The van der Waals surface area contributed by atoms with Crippen molar-refractivity contribution in [2.24, 2.45) is 5.92 Å². The fourth-order valence-electron chi connectivity index (χ4n) is 2.95. The van der Waals surface area contributed by atoms with E-state index in [0.29, 0.717) is 6.04 Å². The largest absolute Gasteiger partial charge is 0.490 e. The maximum Gasteiger partial charge on any atom is 0.204 e. The lowest BCUT2D eigenvalue weighted by Crippen LogP contribution is -2.26. The van der Waals surface area contributed by atoms with Gasteiger partial charge in [-0.2, -0.15) is 0 Å². The van der Waals surface area contributed by atoms with Crippen LogP contribution in [0.25, 0.3) is 0 Å². The molecule has 1 aliphatic carbocycles. The molecule has 0 amide bonds. The molecule has 1 saturated carbocycles. The van der Waals surface area contributed by atoms with Crippen molar-refractivity contribution in [3.05, 3.63) is 6.33 Å². The van der Waals surface area contributed by atoms with Gasteiger partial charge in [0.1, 0.15) is 6.33 Å². The summed E-state index contributed by atoms with van der Waals surface area (Å²) in [4.78, 5) is 8.64. The Bertz CT molecular complexity index is 430. The summed E-state index contributed by atoms with van der Waals surface area (Å²) in [7, 11) is 1.68. The lowest BCUT2D eigenvalue weighted by molar-refractivity contribution is 0.329. The van der Waals surface area contributed by atoms with E-state index in [0.717, 1.165) is 36.3 Å². The third-order valence-corrected chi connectivity index (χ3v) is 4.32. The number of hydrogen-bond donors (Lipinski definition) is 2. The predicted octanol–water partition coefficient (Wildman–Crippen LogP) is 3.69. The second kappa shape index (κ2) is 8.05. The van der Waals surface area contributed by atoms with Crippen molar-refractivity contribution in [2.45, 2.75) is 58.4 Å². The van der Waals surface area contributed by atoms with Crippen LogP contribution in [0, 0.1) is 5.92 Å². The van der Waals surface area contributed by atoms with E-state index < -0.39 is 0 Å². The van der Waals surface area contributed by atoms with E-state index in [4.69, 9.17) is 4.74 Å². The summed E-state index contributed by atoms with van der Waals surface area (Å²) in [5.41, 5.74) is 0. The molecule has 0 radical (unpaired) electrons. The fourth-order valence-corrected chi connectivity index (χ4v) is 2.95. The molecule has 0 bridgehead atoms. The standard InChI is InChI=1S/C16H28N4O/c1-4-10-17-15-14(21-3)16(19-11-18-15)20-13-8-6-12(5-2)7-9-13/h11-13H,4-10H2,1-3H3,(H2,17,18,19,20). The van der Waals surface area contributed by atoms with Crippen LogP contribution in [0.4, 0.5) is 11.6 Å². The van der Waals surface area contributed by atoms with Crippen LogP contribution in [0.3, 0.4) is 0 Å². The lowest BCUT2D eigenvalue weighted by Gasteiger charge is -2.29. The van der Waals surface area contributed by atoms with Gasteiger partial charge in [0.15, 0.2) is 11.6 Å². The molecule has 0 spiro atoms. The number of nitrogens with zero attached hydrogens (tertiary/aromatic N) is 2. The van der Waals surface area contributed by atoms with Crippen LogP contribution in [0.2, 0.25) is 0 Å². The molecule has 5 heteroatoms. The van der Waals surface area contributed by atoms with Gasteiger partial charge in [0, 0.05) is 12.6 Å². The minimum atomic E-state index is 0.496. The average molecular weight is 292 g/mol. The van der Waals surface area contributed by atoms with Crippen LogP contribution in [0.5, 0.6) is 5.75 Å². The number of ether oxygens (including phenoxy) is 1. The zero-order valence-corrected chi connectivity index (χ0v) is 13.5. The SMILES string of the molecule is CCCNc1ncnc(NC2CCC(CC)CC2)c1OC. The number of hydrogen-bond acceptors (Lipinski definition) is 5. The second-order valence-electron chi connectivity index (χ2n) is 5.80. The van der Waals surface area contributed by atoms with Gasteiger partial charge in [-0.05, 0) is 38.0 Å². The smallest absolute Gasteiger partial charge is 0.204 e. The molecular weight excluding hydrogens is 264 g/mol. The lowest BCUT2D eigenvalue weighted by atomic mass is 9.84. The van der Waals surface area contributed by atoms with Crippen LogP contribution in [-0.4, -0.2) is 29.7 Å². The van der Waals surface area contributed by atoms with Crippen molar-refractivity contribution in [3.8, 4) is 5.75 Å². The Morgan fingerprint density at radius 1 is 1.14 bits per heavy atom. The summed E-state index contributed by atoms with van der Waals surface area (Å²) >= 11 is 0. The molecule has 21 heavy (non-hydrogen) atoms. The van der Waals surface area contributed by atoms with Crippen LogP contribution in [-0.2, 0) is 0 Å². The number of methoxy groups -OCH3 is 1. The monoisotopic (exact) mass is 292 g/mol. The maximum absolute atomic E-state index is 5.51. The highest BCUT2D eigenvalue weighted by Gasteiger charge is 2.22. The third kappa shape index (κ3) is 4.22. The van der Waals surface area contributed by atoms with Gasteiger partial charge in [-0.25, -0.2) is 9.97 Å². The van der Waals surface area contributed by atoms with Crippen LogP contribution >= 0.6 is 0 Å². The first kappa shape index (κ1) is 15.9. The molecular formula is C16H28N4O. The van der Waals surface area contributed by atoms with Gasteiger partial charge in [-0.3, -0.25) is 0 Å². The van der Waals surface area contributed by atoms with Gasteiger partial charge in [-0.1, -0.05) is 20.3 Å². The molecule has 0 atom stereocenters. The van der Waals surface area contributed by atoms with Crippen LogP contribution in [0.15, 0.2) is 6.33 Å². The Hall–Kier alpha value is -1.52. The van der Waals surface area contributed by atoms with E-state index in [1.54, 1.807) is 13.4 Å². The number of aromatic nitrogens is 2. The summed E-state index contributed by atoms with van der Waals surface area (Å²) in [6, 6.07) is 0.496. The number of anilines is 2. The van der Waals surface area contributed by atoms with Gasteiger partial charge in [0.05, 0.1) is 7.11 Å². The molecule has 1 fully saturated rings. The fraction of sp³-hybridized carbons (Fsp3) is 0.750. The summed E-state index contributed by atoms with van der Waals surface area (Å²) in [6.07, 6.45) is 8.99. The van der Waals surface area contributed by atoms with Gasteiger partial charge in [0.25, 0.3) is 0 Å². The number of nitrogens with one attached hydrogen (secondary N) is 2. The van der Waals surface area contributed by atoms with Crippen LogP contribution in [0.1, 0.15) is 52.4 Å². The Morgan fingerprint density at radius 2 is 1.86 bits per heavy atom. The quantitative estimate of drug-likeness (QED) is 0.802. The van der Waals surface area contributed by atoms with Crippen molar-refractivity contribution < 1.29 is 4.74 Å². The Kier molecular flexibility index (Phi) is 6.08. The van der Waals surface area contributed by atoms with Crippen molar-refractivity contribution >= 4 is 11.6 Å². The maximum atomic E-state index is 5.51. The highest BCUT2D eigenvalue weighted by atomic mass is 16.5. The average Bonchev–Trinajstić information content (AvgIpc) is 2.53. The van der Waals surface area contributed by atoms with Crippen molar-refractivity contribution in [3.63, 3.8) is 0 Å². The molecule has 118 valence electrons. The van der Waals surface area contributed by atoms with E-state index >= 15 is 0 Å². The predicted molar refractivity (Wildman–Crippen MR) is 87.0 cm³/mol. The summed E-state index contributed by atoms with van der Waals surface area (Å²) in [5.74, 6) is 3.21. The Morgan fingerprint density at radius 3 is 2.48 bits per heavy atom. The van der Waals surface area contributed by atoms with Crippen LogP contribution < -0.4 is 15.4 Å². The molecule has 0 aliphatic heterocycles. The van der Waals surface area contributed by atoms with Crippen molar-refractivity contribution in [1.82, 2.24) is 9.97 Å². The minimum Gasteiger partial charge on any atom is -0.490 e. The first-order valence-corrected chi connectivity index (χ1v) is 8.17. The van der Waals surface area contributed by atoms with E-state index in [1.807, 2.05) is 0 Å². The van der Waals surface area contributed by atoms with Crippen molar-refractivity contribution in [2.75, 3.05) is 24.3 Å². The first-order chi connectivity index (χ1) is 10.3. The molecule has 1 aromatic rings. The van der Waals surface area contributed by atoms with E-state index in [9.17, 15) is 0 Å². The number of rotatable bonds is 7. The highest BCUT2D eigenvalue weighted by Crippen LogP contribution is 2.33. The third-order valence-electron chi connectivity index (χ3n) is 4.32. The van der Waals surface area contributed by atoms with E-state index in [-0.39, 0.29) is 0 Å². The molecule has 2 rings (SSSR count). The van der Waals surface area contributed by atoms with Crippen molar-refractivity contribution in [1.29, 1.82) is 0 Å². The van der Waals surface area contributed by atoms with Gasteiger partial charge >= 0.3 is 0 Å². The summed E-state index contributed by atoms with van der Waals surface area (Å²) in [6.45, 7) is 5.30. The highest BCUT2D eigenvalue weighted by molar-refractivity contribution is 5.63. The topological polar surface area (TPSA) is 59.1 Å². The van der Waals surface area contributed by atoms with E-state index in [2.05, 4.69) is 34.4 Å². The normalized spacial score (nSPS) is 21.9. The molecule has 0 saturated heterocycles. The first-order valence-electron chi connectivity index (χ1n) is 8.17. The molecule has 1 aliphatic rings. The summed E-state index contributed by atoms with van der Waals surface area (Å²) in [5, 5.41) is 6.84. The molecule has 5 nitrogen and oxygen atoms in total. The molecule has 0 unspecified atom stereocenters. The minimum absolute atomic E-state index is 0.496. The zero-order valence-electron chi connectivity index (χ0n) is 13.5. The Balaban J connectivity index is 2.02. The second-order valence-corrected chi connectivity index (χ2v) is 5.80. The summed E-state index contributed by atoms with van der Waals surface area (Å²) < 4.78 is 5.51. The molecule has 1 heterocycles. The Labute approximate surface area is 127 Å². The van der Waals surface area contributed by atoms with E-state index in [1.165, 1.54) is 32.1 Å².